The molecule has 0 fully saturated rings. The van der Waals surface area contributed by atoms with Crippen molar-refractivity contribution >= 4 is 34.8 Å². The topological polar surface area (TPSA) is 100 Å². The van der Waals surface area contributed by atoms with E-state index in [1.807, 2.05) is 0 Å². The minimum Gasteiger partial charge on any atom is -0.459 e. The molecule has 3 rings (SSSR count). The van der Waals surface area contributed by atoms with Crippen molar-refractivity contribution in [2.24, 2.45) is 0 Å². The van der Waals surface area contributed by atoms with E-state index in [0.717, 1.165) is 0 Å². The average molecular weight is 363 g/mol. The van der Waals surface area contributed by atoms with Gasteiger partial charge in [-0.3, -0.25) is 14.4 Å². The molecule has 0 atom stereocenters. The van der Waals surface area contributed by atoms with Crippen LogP contribution in [0.4, 0.5) is 17.1 Å². The molecule has 27 heavy (non-hydrogen) atoms. The first-order valence-corrected chi connectivity index (χ1v) is 8.15. The molecule has 0 radical (unpaired) electrons. The van der Waals surface area contributed by atoms with Crippen LogP contribution in [0, 0.1) is 0 Å². The van der Waals surface area contributed by atoms with Crippen molar-refractivity contribution in [1.82, 2.24) is 0 Å². The Morgan fingerprint density at radius 1 is 0.741 bits per heavy atom. The molecule has 0 saturated carbocycles. The maximum Gasteiger partial charge on any atom is 0.291 e. The van der Waals surface area contributed by atoms with Crippen molar-refractivity contribution in [3.63, 3.8) is 0 Å². The molecule has 7 nitrogen and oxygen atoms in total. The van der Waals surface area contributed by atoms with Crippen molar-refractivity contribution < 1.29 is 18.8 Å². The summed E-state index contributed by atoms with van der Waals surface area (Å²) in [5.74, 6) is -0.660. The van der Waals surface area contributed by atoms with E-state index in [0.29, 0.717) is 22.6 Å². The van der Waals surface area contributed by atoms with Gasteiger partial charge in [0.2, 0.25) is 5.91 Å². The lowest BCUT2D eigenvalue weighted by Crippen LogP contribution is -2.13. The Labute approximate surface area is 155 Å². The van der Waals surface area contributed by atoms with Crippen molar-refractivity contribution in [1.29, 1.82) is 0 Å². The molecule has 3 amide bonds. The van der Waals surface area contributed by atoms with Crippen LogP contribution in [0.3, 0.4) is 0 Å². The second-order valence-corrected chi connectivity index (χ2v) is 5.72. The van der Waals surface area contributed by atoms with Crippen LogP contribution in [-0.2, 0) is 4.79 Å². The maximum absolute atomic E-state index is 12.4. The minimum atomic E-state index is -0.369. The molecule has 3 aromatic rings. The number of benzene rings is 2. The van der Waals surface area contributed by atoms with E-state index >= 15 is 0 Å². The summed E-state index contributed by atoms with van der Waals surface area (Å²) in [5, 5.41) is 8.10. The molecule has 0 aliphatic carbocycles. The summed E-state index contributed by atoms with van der Waals surface area (Å²) in [6.45, 7) is 1.41. The van der Waals surface area contributed by atoms with Crippen LogP contribution in [0.1, 0.15) is 27.8 Å². The first kappa shape index (κ1) is 17.9. The monoisotopic (exact) mass is 363 g/mol. The quantitative estimate of drug-likeness (QED) is 0.643. The summed E-state index contributed by atoms with van der Waals surface area (Å²) < 4.78 is 5.03. The van der Waals surface area contributed by atoms with Crippen LogP contribution in [0.5, 0.6) is 0 Å². The first-order chi connectivity index (χ1) is 13.0. The highest BCUT2D eigenvalue weighted by molar-refractivity contribution is 6.06. The normalized spacial score (nSPS) is 10.1. The van der Waals surface area contributed by atoms with E-state index in [1.54, 1.807) is 60.7 Å². The van der Waals surface area contributed by atoms with Gasteiger partial charge in [0.15, 0.2) is 5.76 Å². The third kappa shape index (κ3) is 4.82. The highest BCUT2D eigenvalue weighted by Gasteiger charge is 2.10. The van der Waals surface area contributed by atoms with E-state index in [1.165, 1.54) is 13.2 Å². The summed E-state index contributed by atoms with van der Waals surface area (Å²) in [6, 6.07) is 16.5. The van der Waals surface area contributed by atoms with Crippen molar-refractivity contribution in [2.45, 2.75) is 6.92 Å². The lowest BCUT2D eigenvalue weighted by molar-refractivity contribution is -0.114. The van der Waals surface area contributed by atoms with Crippen molar-refractivity contribution in [2.75, 3.05) is 16.0 Å². The molecule has 3 N–H and O–H groups in total. The SMILES string of the molecule is CC(=O)Nc1cccc(NC(=O)c2ccc(NC(=O)c3ccco3)cc2)c1. The highest BCUT2D eigenvalue weighted by Crippen LogP contribution is 2.17. The Balaban J connectivity index is 1.64. The van der Waals surface area contributed by atoms with Gasteiger partial charge in [-0.25, -0.2) is 0 Å². The van der Waals surface area contributed by atoms with Gasteiger partial charge in [-0.2, -0.15) is 0 Å². The lowest BCUT2D eigenvalue weighted by Gasteiger charge is -2.09. The lowest BCUT2D eigenvalue weighted by atomic mass is 10.2. The predicted octanol–water partition coefficient (Wildman–Crippen LogP) is 3.74. The van der Waals surface area contributed by atoms with Crippen LogP contribution in [0.15, 0.2) is 71.3 Å². The summed E-state index contributed by atoms with van der Waals surface area (Å²) in [4.78, 5) is 35.4. The fourth-order valence-electron chi connectivity index (χ4n) is 2.39. The van der Waals surface area contributed by atoms with Gasteiger partial charge in [-0.05, 0) is 54.6 Å². The number of carbonyl (C=O) groups excluding carboxylic acids is 3. The number of furan rings is 1. The number of amides is 3. The third-order valence-corrected chi connectivity index (χ3v) is 3.59. The zero-order valence-corrected chi connectivity index (χ0v) is 14.5. The number of hydrogen-bond donors (Lipinski definition) is 3. The molecule has 0 aliphatic rings. The van der Waals surface area contributed by atoms with Gasteiger partial charge in [0.1, 0.15) is 0 Å². The number of carbonyl (C=O) groups is 3. The molecule has 136 valence electrons. The Morgan fingerprint density at radius 2 is 1.41 bits per heavy atom. The van der Waals surface area contributed by atoms with E-state index in [-0.39, 0.29) is 23.5 Å². The fraction of sp³-hybridized carbons (Fsp3) is 0.0500. The predicted molar refractivity (Wildman–Crippen MR) is 102 cm³/mol. The molecule has 2 aromatic carbocycles. The van der Waals surface area contributed by atoms with Crippen LogP contribution < -0.4 is 16.0 Å². The van der Waals surface area contributed by atoms with Crippen LogP contribution >= 0.6 is 0 Å². The van der Waals surface area contributed by atoms with Gasteiger partial charge in [0.25, 0.3) is 11.8 Å². The minimum absolute atomic E-state index is 0.189. The van der Waals surface area contributed by atoms with Gasteiger partial charge < -0.3 is 20.4 Å². The second-order valence-electron chi connectivity index (χ2n) is 5.72. The molecule has 0 unspecified atom stereocenters. The second kappa shape index (κ2) is 8.01. The zero-order chi connectivity index (χ0) is 19.2. The first-order valence-electron chi connectivity index (χ1n) is 8.15. The summed E-state index contributed by atoms with van der Waals surface area (Å²) in [7, 11) is 0. The molecule has 0 spiro atoms. The Hall–Kier alpha value is -3.87. The van der Waals surface area contributed by atoms with Crippen molar-refractivity contribution in [3.05, 3.63) is 78.3 Å². The van der Waals surface area contributed by atoms with Crippen LogP contribution in [-0.4, -0.2) is 17.7 Å². The Morgan fingerprint density at radius 3 is 2.04 bits per heavy atom. The fourth-order valence-corrected chi connectivity index (χ4v) is 2.39. The van der Waals surface area contributed by atoms with E-state index < -0.39 is 0 Å². The third-order valence-electron chi connectivity index (χ3n) is 3.59. The van der Waals surface area contributed by atoms with Gasteiger partial charge in [0, 0.05) is 29.5 Å². The smallest absolute Gasteiger partial charge is 0.291 e. The molecule has 0 saturated heterocycles. The summed E-state index contributed by atoms with van der Waals surface area (Å²) >= 11 is 0. The summed E-state index contributed by atoms with van der Waals surface area (Å²) in [6.07, 6.45) is 1.42. The average Bonchev–Trinajstić information content (AvgIpc) is 3.17. The van der Waals surface area contributed by atoms with Crippen molar-refractivity contribution in [3.8, 4) is 0 Å². The van der Waals surface area contributed by atoms with E-state index in [4.69, 9.17) is 4.42 Å². The standard InChI is InChI=1S/C20H17N3O4/c1-13(24)21-16-4-2-5-17(12-16)23-19(25)14-7-9-15(10-8-14)22-20(26)18-6-3-11-27-18/h2-12H,1H3,(H,21,24)(H,22,26)(H,23,25). The van der Waals surface area contributed by atoms with Crippen LogP contribution in [0.25, 0.3) is 0 Å². The van der Waals surface area contributed by atoms with Crippen LogP contribution in [0.2, 0.25) is 0 Å². The number of nitrogens with one attached hydrogen (secondary N) is 3. The van der Waals surface area contributed by atoms with Gasteiger partial charge in [-0.15, -0.1) is 0 Å². The van der Waals surface area contributed by atoms with Gasteiger partial charge >= 0.3 is 0 Å². The van der Waals surface area contributed by atoms with E-state index in [9.17, 15) is 14.4 Å². The number of rotatable bonds is 5. The summed E-state index contributed by atoms with van der Waals surface area (Å²) in [5.41, 5.74) is 2.12. The Kier molecular flexibility index (Phi) is 5.32. The number of anilines is 3. The molecular weight excluding hydrogens is 346 g/mol. The molecule has 0 aliphatic heterocycles. The number of hydrogen-bond acceptors (Lipinski definition) is 4. The molecule has 1 heterocycles. The molecule has 1 aromatic heterocycles. The molecule has 7 heteroatoms. The maximum atomic E-state index is 12.4. The molecule has 0 bridgehead atoms. The Bertz CT molecular complexity index is 963. The van der Waals surface area contributed by atoms with E-state index in [2.05, 4.69) is 16.0 Å². The molecular formula is C20H17N3O4. The highest BCUT2D eigenvalue weighted by atomic mass is 16.3. The van der Waals surface area contributed by atoms with Gasteiger partial charge in [-0.1, -0.05) is 6.07 Å². The van der Waals surface area contributed by atoms with Gasteiger partial charge in [0.05, 0.1) is 6.26 Å². The zero-order valence-electron chi connectivity index (χ0n) is 14.5. The largest absolute Gasteiger partial charge is 0.459 e.